The first-order chi connectivity index (χ1) is 12.1. The Morgan fingerprint density at radius 1 is 1.24 bits per heavy atom. The smallest absolute Gasteiger partial charge is 0.237 e. The predicted molar refractivity (Wildman–Crippen MR) is 105 cm³/mol. The summed E-state index contributed by atoms with van der Waals surface area (Å²) in [5.74, 6) is 0.179. The molecule has 1 aliphatic rings. The second kappa shape index (κ2) is 8.15. The number of likely N-dealkylation sites (tertiary alicyclic amines) is 1. The Morgan fingerprint density at radius 2 is 2.00 bits per heavy atom. The van der Waals surface area contributed by atoms with Crippen molar-refractivity contribution in [1.82, 2.24) is 9.80 Å². The molecule has 0 bridgehead atoms. The number of hydrogen-bond acceptors (Lipinski definition) is 2. The summed E-state index contributed by atoms with van der Waals surface area (Å²) in [7, 11) is 1.91. The third kappa shape index (κ3) is 4.31. The molecule has 25 heavy (non-hydrogen) atoms. The highest BCUT2D eigenvalue weighted by Gasteiger charge is 2.29. The van der Waals surface area contributed by atoms with Gasteiger partial charge in [-0.1, -0.05) is 58.4 Å². The first kappa shape index (κ1) is 18.2. The van der Waals surface area contributed by atoms with Crippen LogP contribution >= 0.6 is 15.9 Å². The Labute approximate surface area is 158 Å². The molecule has 2 aromatic carbocycles. The van der Waals surface area contributed by atoms with E-state index in [2.05, 4.69) is 58.1 Å². The quantitative estimate of drug-likeness (QED) is 0.718. The highest BCUT2D eigenvalue weighted by molar-refractivity contribution is 9.10. The van der Waals surface area contributed by atoms with E-state index in [1.165, 1.54) is 11.1 Å². The maximum absolute atomic E-state index is 12.8. The van der Waals surface area contributed by atoms with E-state index in [4.69, 9.17) is 0 Å². The van der Waals surface area contributed by atoms with Gasteiger partial charge in [0.05, 0.1) is 12.6 Å². The van der Waals surface area contributed by atoms with Crippen LogP contribution in [0, 0.1) is 0 Å². The molecular formula is C21H25BrN2O. The standard InChI is InChI=1S/C21H25BrN2O/c1-16(17-8-4-3-5-9-17)23(2)21(25)15-24-13-7-12-20(24)18-10-6-11-19(22)14-18/h3-6,8-11,14,16,20H,7,12-13,15H2,1-2H3. The zero-order valence-corrected chi connectivity index (χ0v) is 16.4. The van der Waals surface area contributed by atoms with Crippen LogP contribution in [0.25, 0.3) is 0 Å². The second-order valence-electron chi connectivity index (χ2n) is 6.77. The van der Waals surface area contributed by atoms with Crippen LogP contribution in [0.15, 0.2) is 59.1 Å². The van der Waals surface area contributed by atoms with E-state index in [-0.39, 0.29) is 11.9 Å². The van der Waals surface area contributed by atoms with Crippen molar-refractivity contribution in [2.75, 3.05) is 20.1 Å². The fourth-order valence-corrected chi connectivity index (χ4v) is 3.98. The minimum Gasteiger partial charge on any atom is -0.338 e. The SMILES string of the molecule is CC(c1ccccc1)N(C)C(=O)CN1CCCC1c1cccc(Br)c1. The van der Waals surface area contributed by atoms with E-state index < -0.39 is 0 Å². The average Bonchev–Trinajstić information content (AvgIpc) is 3.09. The highest BCUT2D eigenvalue weighted by atomic mass is 79.9. The summed E-state index contributed by atoms with van der Waals surface area (Å²) in [6, 6.07) is 19.1. The number of amides is 1. The summed E-state index contributed by atoms with van der Waals surface area (Å²) < 4.78 is 1.10. The summed E-state index contributed by atoms with van der Waals surface area (Å²) >= 11 is 3.55. The number of likely N-dealkylation sites (N-methyl/N-ethyl adjacent to an activating group) is 1. The van der Waals surface area contributed by atoms with Crippen molar-refractivity contribution < 1.29 is 4.79 Å². The van der Waals surface area contributed by atoms with E-state index in [1.54, 1.807) is 0 Å². The van der Waals surface area contributed by atoms with Gasteiger partial charge >= 0.3 is 0 Å². The van der Waals surface area contributed by atoms with Gasteiger partial charge in [-0.3, -0.25) is 9.69 Å². The third-order valence-electron chi connectivity index (χ3n) is 5.19. The number of carbonyl (C=O) groups excluding carboxylic acids is 1. The van der Waals surface area contributed by atoms with Crippen LogP contribution in [-0.4, -0.2) is 35.8 Å². The Hall–Kier alpha value is -1.65. The normalized spacial score (nSPS) is 18.9. The summed E-state index contributed by atoms with van der Waals surface area (Å²) in [6.07, 6.45) is 2.25. The summed E-state index contributed by atoms with van der Waals surface area (Å²) in [5, 5.41) is 0. The lowest BCUT2D eigenvalue weighted by Gasteiger charge is -2.30. The van der Waals surface area contributed by atoms with Crippen molar-refractivity contribution in [3.05, 3.63) is 70.2 Å². The molecule has 1 fully saturated rings. The molecule has 0 N–H and O–H groups in total. The van der Waals surface area contributed by atoms with E-state index in [0.717, 1.165) is 23.9 Å². The molecule has 2 atom stereocenters. The van der Waals surface area contributed by atoms with Crippen molar-refractivity contribution in [2.24, 2.45) is 0 Å². The molecular weight excluding hydrogens is 376 g/mol. The van der Waals surface area contributed by atoms with Gasteiger partial charge in [-0.05, 0) is 49.6 Å². The lowest BCUT2D eigenvalue weighted by molar-refractivity contribution is -0.133. The molecule has 2 aromatic rings. The zero-order valence-electron chi connectivity index (χ0n) is 14.9. The van der Waals surface area contributed by atoms with Crippen LogP contribution in [0.2, 0.25) is 0 Å². The predicted octanol–water partition coefficient (Wildman–Crippen LogP) is 4.81. The van der Waals surface area contributed by atoms with Crippen LogP contribution in [0.4, 0.5) is 0 Å². The maximum atomic E-state index is 12.8. The fourth-order valence-electron chi connectivity index (χ4n) is 3.56. The van der Waals surface area contributed by atoms with E-state index >= 15 is 0 Å². The van der Waals surface area contributed by atoms with Gasteiger partial charge in [0.2, 0.25) is 5.91 Å². The van der Waals surface area contributed by atoms with Crippen molar-refractivity contribution in [1.29, 1.82) is 0 Å². The molecule has 3 rings (SSSR count). The molecule has 1 amide bonds. The minimum absolute atomic E-state index is 0.0839. The van der Waals surface area contributed by atoms with Crippen LogP contribution in [0.3, 0.4) is 0 Å². The van der Waals surface area contributed by atoms with Gasteiger partial charge in [-0.2, -0.15) is 0 Å². The van der Waals surface area contributed by atoms with E-state index in [9.17, 15) is 4.79 Å². The molecule has 0 aliphatic carbocycles. The van der Waals surface area contributed by atoms with Gasteiger partial charge in [0.1, 0.15) is 0 Å². The van der Waals surface area contributed by atoms with Crippen LogP contribution in [0.1, 0.15) is 43.0 Å². The average molecular weight is 401 g/mol. The lowest BCUT2D eigenvalue weighted by Crippen LogP contribution is -2.39. The first-order valence-corrected chi connectivity index (χ1v) is 9.65. The van der Waals surface area contributed by atoms with Crippen molar-refractivity contribution in [3.63, 3.8) is 0 Å². The highest BCUT2D eigenvalue weighted by Crippen LogP contribution is 2.33. The molecule has 1 heterocycles. The fraction of sp³-hybridized carbons (Fsp3) is 0.381. The summed E-state index contributed by atoms with van der Waals surface area (Å²) in [4.78, 5) is 17.0. The number of carbonyl (C=O) groups is 1. The maximum Gasteiger partial charge on any atom is 0.237 e. The Bertz CT molecular complexity index is 719. The van der Waals surface area contributed by atoms with Crippen LogP contribution < -0.4 is 0 Å². The lowest BCUT2D eigenvalue weighted by atomic mass is 10.0. The van der Waals surface area contributed by atoms with Gasteiger partial charge in [-0.25, -0.2) is 0 Å². The Kier molecular flexibility index (Phi) is 5.92. The monoisotopic (exact) mass is 400 g/mol. The van der Waals surface area contributed by atoms with Gasteiger partial charge in [0, 0.05) is 17.6 Å². The molecule has 0 saturated carbocycles. The van der Waals surface area contributed by atoms with Crippen LogP contribution in [0.5, 0.6) is 0 Å². The van der Waals surface area contributed by atoms with Gasteiger partial charge in [0.25, 0.3) is 0 Å². The number of nitrogens with zero attached hydrogens (tertiary/aromatic N) is 2. The second-order valence-corrected chi connectivity index (χ2v) is 7.69. The molecule has 1 saturated heterocycles. The number of halogens is 1. The molecule has 2 unspecified atom stereocenters. The molecule has 4 heteroatoms. The number of rotatable bonds is 5. The Balaban J connectivity index is 1.67. The zero-order chi connectivity index (χ0) is 17.8. The van der Waals surface area contributed by atoms with Crippen molar-refractivity contribution >= 4 is 21.8 Å². The topological polar surface area (TPSA) is 23.6 Å². The molecule has 0 radical (unpaired) electrons. The van der Waals surface area contributed by atoms with E-state index in [0.29, 0.717) is 12.6 Å². The molecule has 0 aromatic heterocycles. The summed E-state index contributed by atoms with van der Waals surface area (Å²) in [6.45, 7) is 3.55. The molecule has 1 aliphatic heterocycles. The Morgan fingerprint density at radius 3 is 2.72 bits per heavy atom. The van der Waals surface area contributed by atoms with Gasteiger partial charge in [0.15, 0.2) is 0 Å². The van der Waals surface area contributed by atoms with Crippen molar-refractivity contribution in [3.8, 4) is 0 Å². The summed E-state index contributed by atoms with van der Waals surface area (Å²) in [5.41, 5.74) is 2.46. The largest absolute Gasteiger partial charge is 0.338 e. The van der Waals surface area contributed by atoms with E-state index in [1.807, 2.05) is 36.2 Å². The van der Waals surface area contributed by atoms with Crippen LogP contribution in [-0.2, 0) is 4.79 Å². The van der Waals surface area contributed by atoms with Crippen molar-refractivity contribution in [2.45, 2.75) is 31.8 Å². The molecule has 0 spiro atoms. The van der Waals surface area contributed by atoms with Gasteiger partial charge < -0.3 is 4.90 Å². The number of hydrogen-bond donors (Lipinski definition) is 0. The number of benzene rings is 2. The third-order valence-corrected chi connectivity index (χ3v) is 5.69. The molecule has 132 valence electrons. The first-order valence-electron chi connectivity index (χ1n) is 8.86. The molecule has 3 nitrogen and oxygen atoms in total. The minimum atomic E-state index is 0.0839. The van der Waals surface area contributed by atoms with Gasteiger partial charge in [-0.15, -0.1) is 0 Å².